The number of sulfonamides is 1. The zero-order valence-electron chi connectivity index (χ0n) is 15.9. The van der Waals surface area contributed by atoms with Crippen molar-refractivity contribution in [1.82, 2.24) is 9.21 Å². The average Bonchev–Trinajstić information content (AvgIpc) is 2.51. The van der Waals surface area contributed by atoms with E-state index in [4.69, 9.17) is 4.74 Å². The second-order valence-electron chi connectivity index (χ2n) is 7.56. The van der Waals surface area contributed by atoms with E-state index in [9.17, 15) is 26.4 Å². The Morgan fingerprint density at radius 1 is 1.18 bits per heavy atom. The molecule has 1 fully saturated rings. The third kappa shape index (κ3) is 5.38. The lowest BCUT2D eigenvalue weighted by molar-refractivity contribution is -0.137. The Morgan fingerprint density at radius 3 is 2.29 bits per heavy atom. The fourth-order valence-electron chi connectivity index (χ4n) is 2.76. The van der Waals surface area contributed by atoms with Crippen LogP contribution in [0.4, 0.5) is 18.0 Å². The number of rotatable bonds is 2. The summed E-state index contributed by atoms with van der Waals surface area (Å²) < 4.78 is 71.2. The van der Waals surface area contributed by atoms with Crippen molar-refractivity contribution in [3.05, 3.63) is 28.2 Å². The fourth-order valence-corrected chi connectivity index (χ4v) is 4.99. The van der Waals surface area contributed by atoms with Crippen LogP contribution in [0.2, 0.25) is 0 Å². The van der Waals surface area contributed by atoms with Crippen LogP contribution in [0.1, 0.15) is 33.3 Å². The van der Waals surface area contributed by atoms with Gasteiger partial charge in [0.1, 0.15) is 5.60 Å². The number of alkyl halides is 3. The van der Waals surface area contributed by atoms with Crippen molar-refractivity contribution in [3.63, 3.8) is 0 Å². The summed E-state index contributed by atoms with van der Waals surface area (Å²) in [5.74, 6) is 0. The van der Waals surface area contributed by atoms with Gasteiger partial charge >= 0.3 is 12.3 Å². The van der Waals surface area contributed by atoms with Gasteiger partial charge in [0.05, 0.1) is 10.5 Å². The highest BCUT2D eigenvalue weighted by atomic mass is 79.9. The molecule has 6 nitrogen and oxygen atoms in total. The van der Waals surface area contributed by atoms with Crippen molar-refractivity contribution < 1.29 is 31.1 Å². The van der Waals surface area contributed by atoms with Crippen LogP contribution in [0.15, 0.2) is 27.6 Å². The number of halogens is 4. The molecule has 1 aliphatic rings. The number of amides is 1. The molecule has 0 aliphatic carbocycles. The molecule has 1 aromatic carbocycles. The lowest BCUT2D eigenvalue weighted by Gasteiger charge is -2.39. The highest BCUT2D eigenvalue weighted by Crippen LogP contribution is 2.34. The number of nitrogens with zero attached hydrogens (tertiary/aromatic N) is 2. The number of ether oxygens (including phenoxy) is 1. The Morgan fingerprint density at radius 2 is 1.79 bits per heavy atom. The smallest absolute Gasteiger partial charge is 0.416 e. The number of hydrogen-bond donors (Lipinski definition) is 0. The van der Waals surface area contributed by atoms with Crippen molar-refractivity contribution >= 4 is 32.0 Å². The molecule has 1 amide bonds. The molecule has 0 N–H and O–H groups in total. The number of carbonyl (C=O) groups is 1. The molecule has 1 aromatic rings. The van der Waals surface area contributed by atoms with Gasteiger partial charge in [-0.25, -0.2) is 13.2 Å². The largest absolute Gasteiger partial charge is 0.444 e. The highest BCUT2D eigenvalue weighted by molar-refractivity contribution is 9.10. The molecule has 0 unspecified atom stereocenters. The molecule has 11 heteroatoms. The molecule has 0 spiro atoms. The zero-order valence-corrected chi connectivity index (χ0v) is 18.3. The second kappa shape index (κ2) is 7.83. The minimum absolute atomic E-state index is 0.0151. The fraction of sp³-hybridized carbons (Fsp3) is 0.588. The maximum atomic E-state index is 13.0. The van der Waals surface area contributed by atoms with Crippen molar-refractivity contribution in [2.24, 2.45) is 0 Å². The molecular formula is C17H22BrF3N2O4S. The van der Waals surface area contributed by atoms with Crippen molar-refractivity contribution in [2.75, 3.05) is 19.6 Å². The maximum absolute atomic E-state index is 13.0. The lowest BCUT2D eigenvalue weighted by atomic mass is 10.2. The van der Waals surface area contributed by atoms with Gasteiger partial charge < -0.3 is 9.64 Å². The Kier molecular flexibility index (Phi) is 6.42. The first kappa shape index (κ1) is 23.0. The topological polar surface area (TPSA) is 66.9 Å². The van der Waals surface area contributed by atoms with Gasteiger partial charge in [0.15, 0.2) is 0 Å². The maximum Gasteiger partial charge on any atom is 0.416 e. The Labute approximate surface area is 170 Å². The van der Waals surface area contributed by atoms with E-state index in [-0.39, 0.29) is 24.1 Å². The van der Waals surface area contributed by atoms with Crippen molar-refractivity contribution in [2.45, 2.75) is 50.4 Å². The van der Waals surface area contributed by atoms with E-state index in [1.165, 1.54) is 4.90 Å². The third-order valence-corrected chi connectivity index (χ3v) is 6.36. The van der Waals surface area contributed by atoms with Crippen LogP contribution in [-0.4, -0.2) is 55.0 Å². The Hall–Kier alpha value is -1.33. The van der Waals surface area contributed by atoms with Gasteiger partial charge in [0.2, 0.25) is 10.0 Å². The molecular weight excluding hydrogens is 465 g/mol. The van der Waals surface area contributed by atoms with Crippen molar-refractivity contribution in [1.29, 1.82) is 0 Å². The van der Waals surface area contributed by atoms with Crippen LogP contribution in [0.25, 0.3) is 0 Å². The first-order valence-corrected chi connectivity index (χ1v) is 10.7. The van der Waals surface area contributed by atoms with Gasteiger partial charge in [0.25, 0.3) is 0 Å². The van der Waals surface area contributed by atoms with E-state index in [0.717, 1.165) is 16.4 Å². The number of hydrogen-bond acceptors (Lipinski definition) is 4. The minimum atomic E-state index is -4.67. The van der Waals surface area contributed by atoms with Gasteiger partial charge in [-0.05, 0) is 45.9 Å². The first-order valence-electron chi connectivity index (χ1n) is 8.49. The summed E-state index contributed by atoms with van der Waals surface area (Å²) in [7, 11) is -4.16. The van der Waals surface area contributed by atoms with E-state index >= 15 is 0 Å². The molecule has 1 heterocycles. The zero-order chi connectivity index (χ0) is 21.5. The predicted octanol–water partition coefficient (Wildman–Crippen LogP) is 4.10. The van der Waals surface area contributed by atoms with Gasteiger partial charge in [0, 0.05) is 30.1 Å². The number of carbonyl (C=O) groups excluding carboxylic acids is 1. The summed E-state index contributed by atoms with van der Waals surface area (Å²) in [6, 6.07) is 2.08. The molecule has 0 bridgehead atoms. The molecule has 1 aliphatic heterocycles. The predicted molar refractivity (Wildman–Crippen MR) is 100 cm³/mol. The Balaban J connectivity index is 2.23. The quantitative estimate of drug-likeness (QED) is 0.631. The molecule has 0 radical (unpaired) electrons. The van der Waals surface area contributed by atoms with E-state index in [1.807, 2.05) is 0 Å². The molecule has 1 saturated heterocycles. The number of benzene rings is 1. The molecule has 1 atom stereocenters. The van der Waals surface area contributed by atoms with Crippen LogP contribution >= 0.6 is 15.9 Å². The van der Waals surface area contributed by atoms with Gasteiger partial charge in [-0.1, -0.05) is 15.9 Å². The van der Waals surface area contributed by atoms with E-state index < -0.39 is 44.4 Å². The molecule has 0 aromatic heterocycles. The summed E-state index contributed by atoms with van der Waals surface area (Å²) in [6.07, 6.45) is -5.23. The Bertz CT molecular complexity index is 853. The highest BCUT2D eigenvalue weighted by Gasteiger charge is 2.38. The molecule has 28 heavy (non-hydrogen) atoms. The molecule has 158 valence electrons. The molecule has 2 rings (SSSR count). The van der Waals surface area contributed by atoms with Gasteiger partial charge in [-0.15, -0.1) is 0 Å². The normalized spacial score (nSPS) is 19.6. The summed E-state index contributed by atoms with van der Waals surface area (Å²) in [5, 5.41) is 0. The summed E-state index contributed by atoms with van der Waals surface area (Å²) in [4.78, 5) is 13.2. The average molecular weight is 487 g/mol. The van der Waals surface area contributed by atoms with Crippen LogP contribution in [0.3, 0.4) is 0 Å². The summed E-state index contributed by atoms with van der Waals surface area (Å²) in [6.45, 7) is 6.82. The van der Waals surface area contributed by atoms with Crippen LogP contribution < -0.4 is 0 Å². The van der Waals surface area contributed by atoms with Crippen LogP contribution in [0, 0.1) is 0 Å². The summed E-state index contributed by atoms with van der Waals surface area (Å²) >= 11 is 2.94. The van der Waals surface area contributed by atoms with E-state index in [0.29, 0.717) is 6.07 Å². The standard InChI is InChI=1S/C17H22BrF3N2O4S/c1-11-10-22(5-6-23(11)15(24)27-16(2,3)4)28(25,26)14-8-12(17(19,20)21)7-13(18)9-14/h7-9,11H,5-6,10H2,1-4H3/t11-/m0/s1. The lowest BCUT2D eigenvalue weighted by Crippen LogP contribution is -2.56. The second-order valence-corrected chi connectivity index (χ2v) is 10.4. The molecule has 0 saturated carbocycles. The van der Waals surface area contributed by atoms with E-state index in [1.54, 1.807) is 27.7 Å². The SMILES string of the molecule is C[C@H]1CN(S(=O)(=O)c2cc(Br)cc(C(F)(F)F)c2)CCN1C(=O)OC(C)(C)C. The summed E-state index contributed by atoms with van der Waals surface area (Å²) in [5.41, 5.74) is -1.74. The van der Waals surface area contributed by atoms with Crippen LogP contribution in [0.5, 0.6) is 0 Å². The van der Waals surface area contributed by atoms with Crippen molar-refractivity contribution in [3.8, 4) is 0 Å². The third-order valence-electron chi connectivity index (χ3n) is 4.05. The minimum Gasteiger partial charge on any atom is -0.444 e. The van der Waals surface area contributed by atoms with Gasteiger partial charge in [-0.3, -0.25) is 0 Å². The van der Waals surface area contributed by atoms with E-state index in [2.05, 4.69) is 15.9 Å². The monoisotopic (exact) mass is 486 g/mol. The van der Waals surface area contributed by atoms with Crippen LogP contribution in [-0.2, 0) is 20.9 Å². The first-order chi connectivity index (χ1) is 12.6. The number of piperazine rings is 1. The van der Waals surface area contributed by atoms with Gasteiger partial charge in [-0.2, -0.15) is 17.5 Å².